The van der Waals surface area contributed by atoms with Crippen molar-refractivity contribution in [2.75, 3.05) is 13.7 Å². The van der Waals surface area contributed by atoms with Gasteiger partial charge in [-0.3, -0.25) is 0 Å². The highest BCUT2D eigenvalue weighted by Crippen LogP contribution is 2.14. The molecule has 1 aliphatic heterocycles. The Hall–Kier alpha value is -2.54. The van der Waals surface area contributed by atoms with Crippen molar-refractivity contribution in [3.63, 3.8) is 0 Å². The van der Waals surface area contributed by atoms with Gasteiger partial charge in [0.15, 0.2) is 17.6 Å². The molecule has 0 amide bonds. The number of nitrogens with zero attached hydrogens (tertiary/aromatic N) is 7. The number of methoxy groups -OCH3 is 1. The molecule has 166 valence electrons. The van der Waals surface area contributed by atoms with Crippen LogP contribution in [-0.4, -0.2) is 55.2 Å². The van der Waals surface area contributed by atoms with Crippen LogP contribution in [0.5, 0.6) is 0 Å². The second kappa shape index (κ2) is 11.2. The van der Waals surface area contributed by atoms with Gasteiger partial charge in [-0.15, -0.1) is 24.0 Å². The first-order valence-corrected chi connectivity index (χ1v) is 10.2. The monoisotopic (exact) mass is 537 g/mol. The zero-order valence-corrected chi connectivity index (χ0v) is 20.1. The van der Waals surface area contributed by atoms with Crippen LogP contribution >= 0.6 is 24.0 Å². The maximum absolute atomic E-state index is 5.14. The minimum atomic E-state index is 0. The molecule has 0 bridgehead atoms. The average Bonchev–Trinajstić information content (AvgIpc) is 3.42. The largest absolute Gasteiger partial charge is 0.377 e. The number of nitrogens with one attached hydrogen (secondary N) is 2. The molecule has 10 nitrogen and oxygen atoms in total. The fraction of sp³-hybridized carbons (Fsp3) is 0.450. The first kappa shape index (κ1) is 23.1. The van der Waals surface area contributed by atoms with E-state index in [0.717, 1.165) is 54.9 Å². The Labute approximate surface area is 198 Å². The lowest BCUT2D eigenvalue weighted by molar-refractivity contribution is 0.177. The summed E-state index contributed by atoms with van der Waals surface area (Å²) in [6.45, 7) is 4.60. The Morgan fingerprint density at radius 1 is 1.35 bits per heavy atom. The van der Waals surface area contributed by atoms with Crippen molar-refractivity contribution in [2.24, 2.45) is 4.99 Å². The number of aliphatic imine (C=N–C) groups is 1. The number of pyridine rings is 1. The number of rotatable bonds is 7. The van der Waals surface area contributed by atoms with Gasteiger partial charge in [-0.25, -0.2) is 24.3 Å². The maximum Gasteiger partial charge on any atom is 0.191 e. The minimum Gasteiger partial charge on any atom is -0.377 e. The Morgan fingerprint density at radius 2 is 2.26 bits per heavy atom. The van der Waals surface area contributed by atoms with Gasteiger partial charge < -0.3 is 15.4 Å². The maximum atomic E-state index is 5.14. The molecule has 0 aliphatic carbocycles. The molecule has 31 heavy (non-hydrogen) atoms. The molecule has 1 atom stereocenters. The highest BCUT2D eigenvalue weighted by Gasteiger charge is 2.22. The molecular weight excluding hydrogens is 509 g/mol. The van der Waals surface area contributed by atoms with Gasteiger partial charge in [0.05, 0.1) is 13.1 Å². The lowest BCUT2D eigenvalue weighted by Crippen LogP contribution is -2.47. The summed E-state index contributed by atoms with van der Waals surface area (Å²) in [6.07, 6.45) is 7.26. The van der Waals surface area contributed by atoms with Crippen LogP contribution in [-0.2, 0) is 30.9 Å². The van der Waals surface area contributed by atoms with E-state index < -0.39 is 0 Å². The van der Waals surface area contributed by atoms with Crippen molar-refractivity contribution >= 4 is 29.9 Å². The highest BCUT2D eigenvalue weighted by molar-refractivity contribution is 14.0. The third kappa shape index (κ3) is 6.00. The van der Waals surface area contributed by atoms with Crippen LogP contribution in [0.2, 0.25) is 0 Å². The van der Waals surface area contributed by atoms with Gasteiger partial charge in [0.25, 0.3) is 0 Å². The van der Waals surface area contributed by atoms with Crippen LogP contribution in [0.25, 0.3) is 5.82 Å². The molecule has 3 aromatic heterocycles. The summed E-state index contributed by atoms with van der Waals surface area (Å²) < 4.78 is 8.85. The summed E-state index contributed by atoms with van der Waals surface area (Å²) in [5.74, 6) is 3.33. The van der Waals surface area contributed by atoms with E-state index in [4.69, 9.17) is 9.73 Å². The Balaban J connectivity index is 0.00000272. The topological polar surface area (TPSA) is 107 Å². The smallest absolute Gasteiger partial charge is 0.191 e. The molecule has 1 unspecified atom stereocenters. The number of aryl methyl sites for hydroxylation is 1. The second-order valence-electron chi connectivity index (χ2n) is 7.11. The fourth-order valence-electron chi connectivity index (χ4n) is 3.44. The van der Waals surface area contributed by atoms with Gasteiger partial charge in [-0.1, -0.05) is 0 Å². The summed E-state index contributed by atoms with van der Waals surface area (Å²) in [5.41, 5.74) is 1.07. The van der Waals surface area contributed by atoms with Crippen molar-refractivity contribution < 1.29 is 4.74 Å². The molecule has 0 saturated carbocycles. The number of halogens is 1. The molecule has 3 aromatic rings. The molecular formula is C20H28IN9O. The van der Waals surface area contributed by atoms with Crippen molar-refractivity contribution in [3.8, 4) is 5.82 Å². The van der Waals surface area contributed by atoms with Crippen LogP contribution < -0.4 is 10.6 Å². The summed E-state index contributed by atoms with van der Waals surface area (Å²) in [5, 5.41) is 15.6. The molecule has 0 radical (unpaired) electrons. The van der Waals surface area contributed by atoms with E-state index in [1.54, 1.807) is 24.2 Å². The third-order valence-corrected chi connectivity index (χ3v) is 4.83. The normalized spacial score (nSPS) is 15.8. The quantitative estimate of drug-likeness (QED) is 0.269. The Bertz CT molecular complexity index is 986. The number of aromatic nitrogens is 6. The first-order chi connectivity index (χ1) is 14.7. The average molecular weight is 537 g/mol. The lowest BCUT2D eigenvalue weighted by atomic mass is 10.1. The number of hydrogen-bond donors (Lipinski definition) is 2. The van der Waals surface area contributed by atoms with Gasteiger partial charge in [0.1, 0.15) is 12.4 Å². The molecule has 11 heteroatoms. The molecule has 0 fully saturated rings. The number of ether oxygens (including phenoxy) is 1. The lowest BCUT2D eigenvalue weighted by Gasteiger charge is -2.25. The SMILES string of the molecule is CCNC(=NCc1ccnc(-n2cccn2)c1)NC1CCc2nc(COC)nn2C1.I. The van der Waals surface area contributed by atoms with Crippen LogP contribution in [0.1, 0.15) is 30.6 Å². The first-order valence-electron chi connectivity index (χ1n) is 10.2. The van der Waals surface area contributed by atoms with Crippen molar-refractivity contribution in [3.05, 3.63) is 54.0 Å². The Morgan fingerprint density at radius 3 is 3.03 bits per heavy atom. The van der Waals surface area contributed by atoms with Gasteiger partial charge in [-0.2, -0.15) is 10.2 Å². The van der Waals surface area contributed by atoms with Crippen LogP contribution in [0.3, 0.4) is 0 Å². The number of hydrogen-bond acceptors (Lipinski definition) is 6. The van der Waals surface area contributed by atoms with Gasteiger partial charge in [0.2, 0.25) is 0 Å². The van der Waals surface area contributed by atoms with Crippen LogP contribution in [0.4, 0.5) is 0 Å². The van der Waals surface area contributed by atoms with E-state index in [1.807, 2.05) is 29.1 Å². The van der Waals surface area contributed by atoms with Crippen molar-refractivity contribution in [2.45, 2.75) is 45.5 Å². The predicted octanol–water partition coefficient (Wildman–Crippen LogP) is 1.69. The molecule has 1 aliphatic rings. The summed E-state index contributed by atoms with van der Waals surface area (Å²) in [7, 11) is 1.66. The molecule has 0 saturated heterocycles. The molecule has 4 rings (SSSR count). The summed E-state index contributed by atoms with van der Waals surface area (Å²) in [6, 6.07) is 6.09. The highest BCUT2D eigenvalue weighted by atomic mass is 127. The van der Waals surface area contributed by atoms with E-state index in [-0.39, 0.29) is 30.0 Å². The number of guanidine groups is 1. The predicted molar refractivity (Wildman–Crippen MR) is 128 cm³/mol. The van der Waals surface area contributed by atoms with E-state index in [2.05, 4.69) is 37.7 Å². The molecule has 0 spiro atoms. The van der Waals surface area contributed by atoms with Gasteiger partial charge in [0, 0.05) is 44.7 Å². The molecule has 0 aromatic carbocycles. The zero-order valence-electron chi connectivity index (χ0n) is 17.7. The minimum absolute atomic E-state index is 0. The Kier molecular flexibility index (Phi) is 8.35. The van der Waals surface area contributed by atoms with Crippen molar-refractivity contribution in [1.82, 2.24) is 40.2 Å². The van der Waals surface area contributed by atoms with Crippen molar-refractivity contribution in [1.29, 1.82) is 0 Å². The van der Waals surface area contributed by atoms with Crippen LogP contribution in [0, 0.1) is 0 Å². The molecule has 2 N–H and O–H groups in total. The van der Waals surface area contributed by atoms with E-state index >= 15 is 0 Å². The number of fused-ring (bicyclic) bond motifs is 1. The van der Waals surface area contributed by atoms with E-state index in [9.17, 15) is 0 Å². The van der Waals surface area contributed by atoms with Crippen LogP contribution in [0.15, 0.2) is 41.8 Å². The standard InChI is InChI=1S/C20H27N9O.HI/c1-3-21-20(23-12-15-7-9-22-19(11-15)28-10-4-8-24-28)25-16-5-6-18-26-17(14-30-2)27-29(18)13-16;/h4,7-11,16H,3,5-6,12-14H2,1-2H3,(H2,21,23,25);1H. The van der Waals surface area contributed by atoms with E-state index in [1.165, 1.54) is 0 Å². The molecule has 4 heterocycles. The third-order valence-electron chi connectivity index (χ3n) is 4.83. The van der Waals surface area contributed by atoms with E-state index in [0.29, 0.717) is 13.2 Å². The van der Waals surface area contributed by atoms with Gasteiger partial charge in [-0.05, 0) is 37.1 Å². The summed E-state index contributed by atoms with van der Waals surface area (Å²) >= 11 is 0. The second-order valence-corrected chi connectivity index (χ2v) is 7.11. The summed E-state index contributed by atoms with van der Waals surface area (Å²) in [4.78, 5) is 13.7. The zero-order chi connectivity index (χ0) is 20.8. The fourth-order valence-corrected chi connectivity index (χ4v) is 3.44. The van der Waals surface area contributed by atoms with Gasteiger partial charge >= 0.3 is 0 Å².